The molecule has 2 aliphatic rings. The summed E-state index contributed by atoms with van der Waals surface area (Å²) in [4.78, 5) is 21.1. The molecule has 1 aromatic rings. The number of nitrogens with zero attached hydrogens (tertiary/aromatic N) is 2. The Balaban J connectivity index is 1.79. The number of carbonyl (C=O) groups excluding carboxylic acids is 1. The second kappa shape index (κ2) is 10.1. The number of carbonyl (C=O) groups is 1. The molecular formula is C21H29N7O4S. The van der Waals surface area contributed by atoms with E-state index < -0.39 is 20.6 Å². The van der Waals surface area contributed by atoms with Crippen LogP contribution < -0.4 is 26.8 Å². The van der Waals surface area contributed by atoms with Crippen molar-refractivity contribution in [1.29, 1.82) is 0 Å². The van der Waals surface area contributed by atoms with Gasteiger partial charge in [-0.15, -0.1) is 0 Å². The zero-order valence-electron chi connectivity index (χ0n) is 18.6. The van der Waals surface area contributed by atoms with Gasteiger partial charge >= 0.3 is 6.03 Å². The van der Waals surface area contributed by atoms with Crippen LogP contribution in [-0.4, -0.2) is 55.1 Å². The Bertz CT molecular complexity index is 1110. The van der Waals surface area contributed by atoms with E-state index in [9.17, 15) is 13.2 Å². The Labute approximate surface area is 193 Å². The normalized spacial score (nSPS) is 19.2. The second-order valence-corrected chi connectivity index (χ2v) is 10.0. The van der Waals surface area contributed by atoms with Crippen LogP contribution >= 0.6 is 0 Å². The van der Waals surface area contributed by atoms with E-state index >= 15 is 0 Å². The lowest BCUT2D eigenvalue weighted by Gasteiger charge is -2.16. The van der Waals surface area contributed by atoms with E-state index in [1.54, 1.807) is 43.5 Å². The lowest BCUT2D eigenvalue weighted by molar-refractivity contribution is 0.240. The molecule has 33 heavy (non-hydrogen) atoms. The van der Waals surface area contributed by atoms with Gasteiger partial charge in [0.2, 0.25) is 0 Å². The van der Waals surface area contributed by atoms with E-state index in [1.807, 2.05) is 0 Å². The van der Waals surface area contributed by atoms with Crippen LogP contribution in [0.2, 0.25) is 0 Å². The molecule has 1 aliphatic heterocycles. The lowest BCUT2D eigenvalue weighted by atomic mass is 10.2. The van der Waals surface area contributed by atoms with Crippen LogP contribution in [0.25, 0.3) is 5.57 Å². The molecule has 1 aromatic heterocycles. The number of anilines is 1. The summed E-state index contributed by atoms with van der Waals surface area (Å²) in [5.74, 6) is 0.749. The van der Waals surface area contributed by atoms with Crippen LogP contribution in [0.1, 0.15) is 31.3 Å². The maximum Gasteiger partial charge on any atom is 0.320 e. The highest BCUT2D eigenvalue weighted by Gasteiger charge is 2.55. The van der Waals surface area contributed by atoms with Crippen LogP contribution in [-0.2, 0) is 14.6 Å². The third-order valence-electron chi connectivity index (χ3n) is 5.23. The maximum absolute atomic E-state index is 12.4. The summed E-state index contributed by atoms with van der Waals surface area (Å²) in [5, 5.41) is 17.4. The van der Waals surface area contributed by atoms with Gasteiger partial charge in [0, 0.05) is 36.3 Å². The van der Waals surface area contributed by atoms with Gasteiger partial charge in [0.05, 0.1) is 12.3 Å². The molecule has 3 rings (SSSR count). The molecular weight excluding hydrogens is 446 g/mol. The maximum atomic E-state index is 12.4. The third-order valence-corrected chi connectivity index (χ3v) is 7.27. The smallest absolute Gasteiger partial charge is 0.320 e. The molecule has 1 aliphatic carbocycles. The molecule has 2 amide bonds. The molecule has 0 saturated heterocycles. The molecule has 0 bridgehead atoms. The van der Waals surface area contributed by atoms with Gasteiger partial charge in [0.1, 0.15) is 16.7 Å². The number of aliphatic hydroxyl groups is 1. The SMILES string of the molecule is C=C(/C=C\C(=C/C)c1nc(NCCO)cc(C2(S(C)(=O)=O)CC2)n1)NC(=O)NC1C=CNN1. The molecule has 1 atom stereocenters. The van der Waals surface area contributed by atoms with Crippen molar-refractivity contribution in [2.45, 2.75) is 30.7 Å². The Kier molecular flexibility index (Phi) is 7.51. The van der Waals surface area contributed by atoms with E-state index in [-0.39, 0.29) is 19.3 Å². The fraction of sp³-hybridized carbons (Fsp3) is 0.381. The highest BCUT2D eigenvalue weighted by atomic mass is 32.2. The third kappa shape index (κ3) is 5.97. The molecule has 1 fully saturated rings. The van der Waals surface area contributed by atoms with Gasteiger partial charge < -0.3 is 26.5 Å². The summed E-state index contributed by atoms with van der Waals surface area (Å²) in [7, 11) is -3.37. The number of hydrogen-bond donors (Lipinski definition) is 6. The van der Waals surface area contributed by atoms with Gasteiger partial charge in [-0.25, -0.2) is 28.6 Å². The van der Waals surface area contributed by atoms with Gasteiger partial charge in [0.25, 0.3) is 0 Å². The number of aliphatic hydroxyl groups excluding tert-OH is 1. The summed E-state index contributed by atoms with van der Waals surface area (Å²) in [6.45, 7) is 5.79. The standard InChI is InChI=1S/C21H29N7O4S/c1-4-15(6-5-14(2)24-20(30)27-17-7-10-23-28-17)19-25-16(13-18(26-19)22-11-12-29)21(8-9-21)33(3,31)32/h4-7,10,13,17,23,28-29H,2,8-9,11-12H2,1,3H3,(H,22,25,26)(H2,24,27,30)/b6-5-,15-4+. The van der Waals surface area contributed by atoms with Gasteiger partial charge in [-0.3, -0.25) is 0 Å². The molecule has 12 heteroatoms. The number of aromatic nitrogens is 2. The summed E-state index contributed by atoms with van der Waals surface area (Å²) in [6, 6.07) is 1.19. The molecule has 6 N–H and O–H groups in total. The molecule has 2 heterocycles. The highest BCUT2D eigenvalue weighted by molar-refractivity contribution is 7.91. The largest absolute Gasteiger partial charge is 0.395 e. The summed E-state index contributed by atoms with van der Waals surface area (Å²) in [6.07, 6.45) is 10.4. The van der Waals surface area contributed by atoms with Crippen molar-refractivity contribution in [3.05, 3.63) is 60.4 Å². The van der Waals surface area contributed by atoms with E-state index in [4.69, 9.17) is 5.11 Å². The van der Waals surface area contributed by atoms with Crippen molar-refractivity contribution in [3.63, 3.8) is 0 Å². The molecule has 0 spiro atoms. The molecule has 178 valence electrons. The predicted octanol–water partition coefficient (Wildman–Crippen LogP) is 0.635. The Morgan fingerprint density at radius 1 is 1.36 bits per heavy atom. The minimum absolute atomic E-state index is 0.0992. The van der Waals surface area contributed by atoms with Crippen LogP contribution in [0.4, 0.5) is 10.6 Å². The second-order valence-electron chi connectivity index (χ2n) is 7.71. The van der Waals surface area contributed by atoms with Gasteiger partial charge in [-0.05, 0) is 38.0 Å². The molecule has 11 nitrogen and oxygen atoms in total. The zero-order chi connectivity index (χ0) is 24.1. The number of hydrogen-bond acceptors (Lipinski definition) is 9. The summed E-state index contributed by atoms with van der Waals surface area (Å²) < 4.78 is 23.8. The number of urea groups is 1. The van der Waals surface area contributed by atoms with Crippen molar-refractivity contribution in [3.8, 4) is 0 Å². The number of sulfone groups is 1. The fourth-order valence-corrected chi connectivity index (χ4v) is 4.61. The van der Waals surface area contributed by atoms with Gasteiger partial charge in [-0.2, -0.15) is 0 Å². The molecule has 0 aromatic carbocycles. The highest BCUT2D eigenvalue weighted by Crippen LogP contribution is 2.52. The number of allylic oxidation sites excluding steroid dienone is 4. The van der Waals surface area contributed by atoms with Crippen molar-refractivity contribution in [2.75, 3.05) is 24.7 Å². The Hall–Kier alpha value is -3.22. The van der Waals surface area contributed by atoms with Crippen LogP contribution in [0.3, 0.4) is 0 Å². The van der Waals surface area contributed by atoms with Gasteiger partial charge in [0.15, 0.2) is 15.7 Å². The number of amides is 2. The van der Waals surface area contributed by atoms with Crippen molar-refractivity contribution >= 4 is 27.3 Å². The summed E-state index contributed by atoms with van der Waals surface area (Å²) in [5.41, 5.74) is 6.95. The molecule has 1 unspecified atom stereocenters. The first-order chi connectivity index (χ1) is 15.7. The van der Waals surface area contributed by atoms with E-state index in [1.165, 1.54) is 6.26 Å². The first-order valence-corrected chi connectivity index (χ1v) is 12.3. The van der Waals surface area contributed by atoms with Crippen molar-refractivity contribution in [1.82, 2.24) is 31.5 Å². The predicted molar refractivity (Wildman–Crippen MR) is 126 cm³/mol. The van der Waals surface area contributed by atoms with Crippen LogP contribution in [0.5, 0.6) is 0 Å². The minimum atomic E-state index is -3.37. The lowest BCUT2D eigenvalue weighted by Crippen LogP contribution is -2.48. The number of rotatable bonds is 10. The quantitative estimate of drug-likeness (QED) is 0.267. The molecule has 0 radical (unpaired) electrons. The Morgan fingerprint density at radius 2 is 2.12 bits per heavy atom. The average Bonchev–Trinajstić information content (AvgIpc) is 3.45. The monoisotopic (exact) mass is 475 g/mol. The fourth-order valence-electron chi connectivity index (χ4n) is 3.28. The number of hydrazine groups is 1. The Morgan fingerprint density at radius 3 is 2.70 bits per heavy atom. The van der Waals surface area contributed by atoms with Crippen molar-refractivity contribution < 1.29 is 18.3 Å². The van der Waals surface area contributed by atoms with E-state index in [2.05, 4.69) is 43.3 Å². The molecule has 1 saturated carbocycles. The van der Waals surface area contributed by atoms with E-state index in [0.717, 1.165) is 0 Å². The minimum Gasteiger partial charge on any atom is -0.395 e. The topological polar surface area (TPSA) is 157 Å². The number of nitrogens with one attached hydrogen (secondary N) is 5. The van der Waals surface area contributed by atoms with Crippen molar-refractivity contribution in [2.24, 2.45) is 0 Å². The first-order valence-electron chi connectivity index (χ1n) is 10.4. The summed E-state index contributed by atoms with van der Waals surface area (Å²) >= 11 is 0. The van der Waals surface area contributed by atoms with Gasteiger partial charge in [-0.1, -0.05) is 12.7 Å². The average molecular weight is 476 g/mol. The first kappa shape index (κ1) is 24.4. The van der Waals surface area contributed by atoms with E-state index in [0.29, 0.717) is 41.4 Å². The van der Waals surface area contributed by atoms with Crippen LogP contribution in [0.15, 0.2) is 48.8 Å². The zero-order valence-corrected chi connectivity index (χ0v) is 19.4. The van der Waals surface area contributed by atoms with Crippen LogP contribution in [0, 0.1) is 0 Å².